The van der Waals surface area contributed by atoms with Gasteiger partial charge in [-0.05, 0) is 97.4 Å². The van der Waals surface area contributed by atoms with Gasteiger partial charge in [0, 0.05) is 6.54 Å². The van der Waals surface area contributed by atoms with Crippen LogP contribution in [0.4, 0.5) is 0 Å². The molecule has 4 rings (SSSR count). The van der Waals surface area contributed by atoms with Crippen LogP contribution < -0.4 is 9.47 Å². The molecule has 0 fully saturated rings. The lowest BCUT2D eigenvalue weighted by Gasteiger charge is -2.27. The van der Waals surface area contributed by atoms with Gasteiger partial charge in [0.25, 0.3) is 0 Å². The van der Waals surface area contributed by atoms with Crippen LogP contribution in [0, 0.1) is 5.92 Å². The highest BCUT2D eigenvalue weighted by molar-refractivity contribution is 5.85. The highest BCUT2D eigenvalue weighted by Crippen LogP contribution is 2.29. The molecule has 0 spiro atoms. The SMILES string of the molecule is COc1ccc(-c2cccc(COc3ccc4c(c3)CCC(CN(C)C)C4)c2)cc1.Cl. The van der Waals surface area contributed by atoms with Crippen LogP contribution in [-0.2, 0) is 19.4 Å². The van der Waals surface area contributed by atoms with E-state index in [0.717, 1.165) is 23.8 Å². The fraction of sp³-hybridized carbons (Fsp3) is 0.333. The molecular formula is C27H32ClNO2. The van der Waals surface area contributed by atoms with Gasteiger partial charge >= 0.3 is 0 Å². The largest absolute Gasteiger partial charge is 0.497 e. The molecule has 0 N–H and O–H groups in total. The maximum atomic E-state index is 6.15. The van der Waals surface area contributed by atoms with Crippen LogP contribution >= 0.6 is 12.4 Å². The van der Waals surface area contributed by atoms with E-state index >= 15 is 0 Å². The summed E-state index contributed by atoms with van der Waals surface area (Å²) >= 11 is 0. The second-order valence-corrected chi connectivity index (χ2v) is 8.52. The molecule has 0 saturated carbocycles. The summed E-state index contributed by atoms with van der Waals surface area (Å²) < 4.78 is 11.4. The van der Waals surface area contributed by atoms with Crippen LogP contribution in [0.2, 0.25) is 0 Å². The fourth-order valence-electron chi connectivity index (χ4n) is 4.36. The van der Waals surface area contributed by atoms with Crippen molar-refractivity contribution in [2.45, 2.75) is 25.9 Å². The maximum Gasteiger partial charge on any atom is 0.120 e. The summed E-state index contributed by atoms with van der Waals surface area (Å²) in [5.41, 5.74) is 6.48. The van der Waals surface area contributed by atoms with Gasteiger partial charge in [0.2, 0.25) is 0 Å². The van der Waals surface area contributed by atoms with E-state index in [4.69, 9.17) is 9.47 Å². The van der Waals surface area contributed by atoms with E-state index in [1.54, 1.807) is 7.11 Å². The van der Waals surface area contributed by atoms with E-state index in [9.17, 15) is 0 Å². The molecule has 0 aromatic heterocycles. The van der Waals surface area contributed by atoms with Gasteiger partial charge in [-0.1, -0.05) is 36.4 Å². The number of halogens is 1. The molecule has 1 aliphatic carbocycles. The molecule has 0 aliphatic heterocycles. The Labute approximate surface area is 192 Å². The lowest BCUT2D eigenvalue weighted by atomic mass is 9.83. The van der Waals surface area contributed by atoms with Crippen molar-refractivity contribution in [1.29, 1.82) is 0 Å². The van der Waals surface area contributed by atoms with Crippen molar-refractivity contribution in [2.75, 3.05) is 27.7 Å². The van der Waals surface area contributed by atoms with Crippen LogP contribution in [0.15, 0.2) is 66.7 Å². The zero-order valence-corrected chi connectivity index (χ0v) is 19.5. The number of rotatable bonds is 7. The number of benzene rings is 3. The third-order valence-corrected chi connectivity index (χ3v) is 5.89. The van der Waals surface area contributed by atoms with E-state index in [1.807, 2.05) is 12.1 Å². The molecule has 164 valence electrons. The van der Waals surface area contributed by atoms with Crippen molar-refractivity contribution in [3.05, 3.63) is 83.4 Å². The Morgan fingerprint density at radius 3 is 2.39 bits per heavy atom. The Kier molecular flexibility index (Phi) is 8.00. The Morgan fingerprint density at radius 1 is 0.871 bits per heavy atom. The second kappa shape index (κ2) is 10.7. The first kappa shape index (κ1) is 23.2. The van der Waals surface area contributed by atoms with E-state index in [1.165, 1.54) is 47.2 Å². The fourth-order valence-corrected chi connectivity index (χ4v) is 4.36. The Morgan fingerprint density at radius 2 is 1.65 bits per heavy atom. The van der Waals surface area contributed by atoms with E-state index in [2.05, 4.69) is 73.6 Å². The minimum Gasteiger partial charge on any atom is -0.497 e. The summed E-state index contributed by atoms with van der Waals surface area (Å²) in [4.78, 5) is 2.30. The van der Waals surface area contributed by atoms with Crippen LogP contribution in [0.5, 0.6) is 11.5 Å². The molecule has 0 radical (unpaired) electrons. The molecule has 4 heteroatoms. The van der Waals surface area contributed by atoms with E-state index < -0.39 is 0 Å². The molecule has 0 bridgehead atoms. The quantitative estimate of drug-likeness (QED) is 0.450. The highest BCUT2D eigenvalue weighted by Gasteiger charge is 2.19. The Hall–Kier alpha value is -2.49. The van der Waals surface area contributed by atoms with Crippen LogP contribution in [-0.4, -0.2) is 32.6 Å². The normalized spacial score (nSPS) is 15.2. The molecule has 1 unspecified atom stereocenters. The van der Waals surface area contributed by atoms with Gasteiger partial charge in [0.05, 0.1) is 7.11 Å². The lowest BCUT2D eigenvalue weighted by molar-refractivity contribution is 0.297. The molecule has 3 aromatic carbocycles. The summed E-state index contributed by atoms with van der Waals surface area (Å²) in [7, 11) is 6.02. The number of methoxy groups -OCH3 is 1. The van der Waals surface area contributed by atoms with Gasteiger partial charge in [0.1, 0.15) is 18.1 Å². The highest BCUT2D eigenvalue weighted by atomic mass is 35.5. The molecule has 3 nitrogen and oxygen atoms in total. The smallest absolute Gasteiger partial charge is 0.120 e. The van der Waals surface area contributed by atoms with Gasteiger partial charge in [-0.3, -0.25) is 0 Å². The minimum atomic E-state index is 0. The monoisotopic (exact) mass is 437 g/mol. The first-order chi connectivity index (χ1) is 14.6. The Bertz CT molecular complexity index is 985. The average Bonchev–Trinajstić information content (AvgIpc) is 2.77. The predicted octanol–water partition coefficient (Wildman–Crippen LogP) is 6.03. The number of hydrogen-bond acceptors (Lipinski definition) is 3. The molecular weight excluding hydrogens is 406 g/mol. The van der Waals surface area contributed by atoms with Crippen molar-refractivity contribution < 1.29 is 9.47 Å². The standard InChI is InChI=1S/C27H31NO2.ClH/c1-28(2)18-20-7-8-25-17-27(14-11-24(25)15-20)30-19-21-5-4-6-23(16-21)22-9-12-26(29-3)13-10-22;/h4-6,9-14,16-17,20H,7-8,15,18-19H2,1-3H3;1H. The van der Waals surface area contributed by atoms with Crippen molar-refractivity contribution in [3.8, 4) is 22.6 Å². The predicted molar refractivity (Wildman–Crippen MR) is 131 cm³/mol. The average molecular weight is 438 g/mol. The van der Waals surface area contributed by atoms with Gasteiger partial charge in [-0.2, -0.15) is 0 Å². The van der Waals surface area contributed by atoms with E-state index in [0.29, 0.717) is 6.61 Å². The first-order valence-corrected chi connectivity index (χ1v) is 10.7. The topological polar surface area (TPSA) is 21.7 Å². The van der Waals surface area contributed by atoms with Crippen molar-refractivity contribution in [3.63, 3.8) is 0 Å². The second-order valence-electron chi connectivity index (χ2n) is 8.52. The van der Waals surface area contributed by atoms with Crippen molar-refractivity contribution in [1.82, 2.24) is 4.90 Å². The van der Waals surface area contributed by atoms with Crippen molar-refractivity contribution in [2.24, 2.45) is 5.92 Å². The summed E-state index contributed by atoms with van der Waals surface area (Å²) in [5, 5.41) is 0. The molecule has 31 heavy (non-hydrogen) atoms. The lowest BCUT2D eigenvalue weighted by Crippen LogP contribution is -2.26. The van der Waals surface area contributed by atoms with Gasteiger partial charge in [-0.15, -0.1) is 12.4 Å². The third-order valence-electron chi connectivity index (χ3n) is 5.89. The number of ether oxygens (including phenoxy) is 2. The van der Waals surface area contributed by atoms with E-state index in [-0.39, 0.29) is 12.4 Å². The van der Waals surface area contributed by atoms with Crippen LogP contribution in [0.1, 0.15) is 23.1 Å². The number of nitrogens with zero attached hydrogens (tertiary/aromatic N) is 1. The summed E-state index contributed by atoms with van der Waals surface area (Å²) in [6, 6.07) is 23.4. The zero-order chi connectivity index (χ0) is 20.9. The first-order valence-electron chi connectivity index (χ1n) is 10.7. The maximum absolute atomic E-state index is 6.15. The van der Waals surface area contributed by atoms with Crippen molar-refractivity contribution >= 4 is 12.4 Å². The zero-order valence-electron chi connectivity index (χ0n) is 18.6. The summed E-state index contributed by atoms with van der Waals surface area (Å²) in [6.07, 6.45) is 3.59. The molecule has 0 heterocycles. The minimum absolute atomic E-state index is 0. The number of fused-ring (bicyclic) bond motifs is 1. The third kappa shape index (κ3) is 6.03. The van der Waals surface area contributed by atoms with Gasteiger partial charge in [0.15, 0.2) is 0 Å². The molecule has 1 atom stereocenters. The molecule has 3 aromatic rings. The molecule has 0 saturated heterocycles. The van der Waals surface area contributed by atoms with Crippen LogP contribution in [0.3, 0.4) is 0 Å². The number of aryl methyl sites for hydroxylation is 1. The van der Waals surface area contributed by atoms with Gasteiger partial charge < -0.3 is 14.4 Å². The summed E-state index contributed by atoms with van der Waals surface area (Å²) in [5.74, 6) is 2.60. The summed E-state index contributed by atoms with van der Waals surface area (Å²) in [6.45, 7) is 1.74. The Balaban J connectivity index is 0.00000272. The van der Waals surface area contributed by atoms with Crippen LogP contribution in [0.25, 0.3) is 11.1 Å². The molecule has 0 amide bonds. The van der Waals surface area contributed by atoms with Gasteiger partial charge in [-0.25, -0.2) is 0 Å². The molecule has 1 aliphatic rings. The number of hydrogen-bond donors (Lipinski definition) is 0.